The molecule has 2 fully saturated rings. The highest BCUT2D eigenvalue weighted by molar-refractivity contribution is 5.85. The number of likely N-dealkylation sites (tertiary alicyclic amines) is 1. The lowest BCUT2D eigenvalue weighted by Gasteiger charge is -2.30. The Kier molecular flexibility index (Phi) is 3.56. The van der Waals surface area contributed by atoms with E-state index in [4.69, 9.17) is 0 Å². The van der Waals surface area contributed by atoms with Crippen LogP contribution in [0.4, 0.5) is 0 Å². The molecule has 2 aliphatic rings. The molecule has 0 bridgehead atoms. The van der Waals surface area contributed by atoms with Gasteiger partial charge in [0.25, 0.3) is 0 Å². The summed E-state index contributed by atoms with van der Waals surface area (Å²) in [5.74, 6) is 1.03. The van der Waals surface area contributed by atoms with Crippen LogP contribution in [0.5, 0.6) is 0 Å². The van der Waals surface area contributed by atoms with Crippen molar-refractivity contribution >= 4 is 18.3 Å². The highest BCUT2D eigenvalue weighted by Gasteiger charge is 2.31. The molecule has 0 radical (unpaired) electrons. The van der Waals surface area contributed by atoms with E-state index in [-0.39, 0.29) is 18.4 Å². The molecule has 1 amide bonds. The SMILES string of the molecule is CC1CCN(C(=O)[C@H]2CCN2)C1.Cl. The van der Waals surface area contributed by atoms with Gasteiger partial charge in [0.1, 0.15) is 0 Å². The Morgan fingerprint density at radius 1 is 1.46 bits per heavy atom. The number of hydrogen-bond donors (Lipinski definition) is 1. The molecule has 0 aromatic carbocycles. The second-order valence-corrected chi connectivity index (χ2v) is 3.97. The van der Waals surface area contributed by atoms with Gasteiger partial charge < -0.3 is 10.2 Å². The predicted octanol–water partition coefficient (Wildman–Crippen LogP) is 0.638. The Hall–Kier alpha value is -0.280. The minimum Gasteiger partial charge on any atom is -0.341 e. The zero-order chi connectivity index (χ0) is 8.55. The van der Waals surface area contributed by atoms with Crippen molar-refractivity contribution in [1.82, 2.24) is 10.2 Å². The molecule has 76 valence electrons. The third-order valence-electron chi connectivity index (χ3n) is 2.86. The highest BCUT2D eigenvalue weighted by Crippen LogP contribution is 2.17. The minimum absolute atomic E-state index is 0. The molecule has 1 unspecified atom stereocenters. The lowest BCUT2D eigenvalue weighted by atomic mass is 10.1. The summed E-state index contributed by atoms with van der Waals surface area (Å²) in [6, 6.07) is 0.148. The van der Waals surface area contributed by atoms with Crippen LogP contribution in [0, 0.1) is 5.92 Å². The second kappa shape index (κ2) is 4.29. The fraction of sp³-hybridized carbons (Fsp3) is 0.889. The van der Waals surface area contributed by atoms with Gasteiger partial charge in [-0.2, -0.15) is 0 Å². The fourth-order valence-electron chi connectivity index (χ4n) is 1.86. The van der Waals surface area contributed by atoms with Gasteiger partial charge in [-0.3, -0.25) is 4.79 Å². The number of rotatable bonds is 1. The van der Waals surface area contributed by atoms with Gasteiger partial charge in [-0.1, -0.05) is 6.92 Å². The maximum absolute atomic E-state index is 11.6. The monoisotopic (exact) mass is 204 g/mol. The molecule has 1 N–H and O–H groups in total. The van der Waals surface area contributed by atoms with E-state index in [0.29, 0.717) is 11.8 Å². The summed E-state index contributed by atoms with van der Waals surface area (Å²) < 4.78 is 0. The van der Waals surface area contributed by atoms with Gasteiger partial charge >= 0.3 is 0 Å². The topological polar surface area (TPSA) is 32.3 Å². The predicted molar refractivity (Wildman–Crippen MR) is 54.0 cm³/mol. The number of hydrogen-bond acceptors (Lipinski definition) is 2. The molecule has 0 aromatic heterocycles. The maximum Gasteiger partial charge on any atom is 0.239 e. The molecule has 0 aromatic rings. The Balaban J connectivity index is 0.000000845. The first kappa shape index (κ1) is 10.8. The molecule has 2 aliphatic heterocycles. The average molecular weight is 205 g/mol. The molecule has 2 rings (SSSR count). The van der Waals surface area contributed by atoms with E-state index in [0.717, 1.165) is 26.1 Å². The van der Waals surface area contributed by atoms with Crippen LogP contribution in [0.1, 0.15) is 19.8 Å². The number of nitrogens with one attached hydrogen (secondary N) is 1. The lowest BCUT2D eigenvalue weighted by Crippen LogP contribution is -2.53. The molecule has 2 saturated heterocycles. The first-order chi connectivity index (χ1) is 5.77. The van der Waals surface area contributed by atoms with Crippen molar-refractivity contribution < 1.29 is 4.79 Å². The molecule has 0 saturated carbocycles. The van der Waals surface area contributed by atoms with E-state index in [9.17, 15) is 4.79 Å². The van der Waals surface area contributed by atoms with E-state index < -0.39 is 0 Å². The van der Waals surface area contributed by atoms with Gasteiger partial charge in [0.15, 0.2) is 0 Å². The number of halogens is 1. The van der Waals surface area contributed by atoms with Crippen molar-refractivity contribution in [3.05, 3.63) is 0 Å². The molecule has 3 nitrogen and oxygen atoms in total. The van der Waals surface area contributed by atoms with Crippen LogP contribution >= 0.6 is 12.4 Å². The largest absolute Gasteiger partial charge is 0.341 e. The first-order valence-electron chi connectivity index (χ1n) is 4.79. The van der Waals surface area contributed by atoms with Crippen molar-refractivity contribution in [2.75, 3.05) is 19.6 Å². The van der Waals surface area contributed by atoms with E-state index >= 15 is 0 Å². The molecule has 0 aliphatic carbocycles. The standard InChI is InChI=1S/C9H16N2O.ClH/c1-7-3-5-11(6-7)9(12)8-2-4-10-8;/h7-8,10H,2-6H2,1H3;1H/t7?,8-;/m1./s1. The van der Waals surface area contributed by atoms with Gasteiger partial charge in [0, 0.05) is 13.1 Å². The molecule has 0 spiro atoms. The molecule has 2 heterocycles. The highest BCUT2D eigenvalue weighted by atomic mass is 35.5. The van der Waals surface area contributed by atoms with Crippen molar-refractivity contribution in [3.63, 3.8) is 0 Å². The molecule has 4 heteroatoms. The lowest BCUT2D eigenvalue weighted by molar-refractivity contribution is -0.134. The van der Waals surface area contributed by atoms with Gasteiger partial charge in [0.2, 0.25) is 5.91 Å². The fourth-order valence-corrected chi connectivity index (χ4v) is 1.86. The smallest absolute Gasteiger partial charge is 0.239 e. The zero-order valence-electron chi connectivity index (χ0n) is 7.95. The third kappa shape index (κ3) is 2.15. The molecular weight excluding hydrogens is 188 g/mol. The Morgan fingerprint density at radius 2 is 2.15 bits per heavy atom. The summed E-state index contributed by atoms with van der Waals surface area (Å²) in [7, 11) is 0. The summed E-state index contributed by atoms with van der Waals surface area (Å²) in [5.41, 5.74) is 0. The first-order valence-corrected chi connectivity index (χ1v) is 4.79. The van der Waals surface area contributed by atoms with Crippen LogP contribution in [-0.2, 0) is 4.79 Å². The van der Waals surface area contributed by atoms with Crippen LogP contribution in [0.15, 0.2) is 0 Å². The summed E-state index contributed by atoms with van der Waals surface area (Å²) in [4.78, 5) is 13.6. The van der Waals surface area contributed by atoms with Crippen molar-refractivity contribution in [2.45, 2.75) is 25.8 Å². The van der Waals surface area contributed by atoms with E-state index in [1.54, 1.807) is 0 Å². The molecule has 2 atom stereocenters. The van der Waals surface area contributed by atoms with Gasteiger partial charge in [-0.15, -0.1) is 12.4 Å². The maximum atomic E-state index is 11.6. The van der Waals surface area contributed by atoms with Crippen molar-refractivity contribution in [2.24, 2.45) is 5.92 Å². The summed E-state index contributed by atoms with van der Waals surface area (Å²) in [5, 5.41) is 3.15. The quantitative estimate of drug-likeness (QED) is 0.680. The van der Waals surface area contributed by atoms with Crippen molar-refractivity contribution in [1.29, 1.82) is 0 Å². The summed E-state index contributed by atoms with van der Waals surface area (Å²) >= 11 is 0. The minimum atomic E-state index is 0. The number of nitrogens with zero attached hydrogens (tertiary/aromatic N) is 1. The normalized spacial score (nSPS) is 32.2. The number of carbonyl (C=O) groups excluding carboxylic acids is 1. The second-order valence-electron chi connectivity index (χ2n) is 3.97. The van der Waals surface area contributed by atoms with Crippen molar-refractivity contribution in [3.8, 4) is 0 Å². The van der Waals surface area contributed by atoms with Gasteiger partial charge in [-0.25, -0.2) is 0 Å². The Morgan fingerprint density at radius 3 is 2.54 bits per heavy atom. The molecule has 13 heavy (non-hydrogen) atoms. The van der Waals surface area contributed by atoms with Crippen LogP contribution in [0.3, 0.4) is 0 Å². The van der Waals surface area contributed by atoms with E-state index in [1.807, 2.05) is 4.90 Å². The Labute approximate surface area is 85.3 Å². The summed E-state index contributed by atoms with van der Waals surface area (Å²) in [6.07, 6.45) is 2.21. The van der Waals surface area contributed by atoms with Crippen LogP contribution < -0.4 is 5.32 Å². The van der Waals surface area contributed by atoms with Gasteiger partial charge in [0.05, 0.1) is 6.04 Å². The Bertz CT molecular complexity index is 194. The van der Waals surface area contributed by atoms with Crippen LogP contribution in [-0.4, -0.2) is 36.5 Å². The van der Waals surface area contributed by atoms with Crippen LogP contribution in [0.25, 0.3) is 0 Å². The molecular formula is C9H17ClN2O. The van der Waals surface area contributed by atoms with Crippen LogP contribution in [0.2, 0.25) is 0 Å². The number of carbonyl (C=O) groups is 1. The van der Waals surface area contributed by atoms with E-state index in [1.165, 1.54) is 6.42 Å². The average Bonchev–Trinajstić information content (AvgIpc) is 2.31. The zero-order valence-corrected chi connectivity index (χ0v) is 8.77. The third-order valence-corrected chi connectivity index (χ3v) is 2.86. The van der Waals surface area contributed by atoms with E-state index in [2.05, 4.69) is 12.2 Å². The summed E-state index contributed by atoms with van der Waals surface area (Å²) in [6.45, 7) is 5.16. The number of amides is 1. The van der Waals surface area contributed by atoms with Gasteiger partial charge in [-0.05, 0) is 25.3 Å².